The van der Waals surface area contributed by atoms with Crippen LogP contribution in [0.2, 0.25) is 0 Å². The molecule has 3 fully saturated rings. The highest BCUT2D eigenvalue weighted by Gasteiger charge is 2.43. The van der Waals surface area contributed by atoms with E-state index in [2.05, 4.69) is 29.0 Å². The summed E-state index contributed by atoms with van der Waals surface area (Å²) >= 11 is 0. The average molecular weight is 302 g/mol. The number of benzene rings is 1. The van der Waals surface area contributed by atoms with Gasteiger partial charge in [0.25, 0.3) is 0 Å². The third-order valence-electron chi connectivity index (χ3n) is 5.87. The quantitative estimate of drug-likeness (QED) is 0.857. The molecular formula is C18H26N2O2. The van der Waals surface area contributed by atoms with E-state index >= 15 is 0 Å². The van der Waals surface area contributed by atoms with E-state index in [1.54, 1.807) is 7.11 Å². The fraction of sp³-hybridized carbons (Fsp3) is 0.667. The molecule has 3 saturated heterocycles. The molecule has 4 rings (SSSR count). The minimum atomic E-state index is 0.124. The van der Waals surface area contributed by atoms with Crippen LogP contribution in [0.4, 0.5) is 0 Å². The molecule has 3 aliphatic heterocycles. The van der Waals surface area contributed by atoms with E-state index in [0.29, 0.717) is 6.04 Å². The largest absolute Gasteiger partial charge is 0.497 e. The normalized spacial score (nSPS) is 35.9. The van der Waals surface area contributed by atoms with Crippen LogP contribution >= 0.6 is 0 Å². The van der Waals surface area contributed by atoms with Gasteiger partial charge in [-0.25, -0.2) is 0 Å². The van der Waals surface area contributed by atoms with Gasteiger partial charge in [-0.1, -0.05) is 12.1 Å². The highest BCUT2D eigenvalue weighted by molar-refractivity contribution is 5.28. The number of ether oxygens (including phenoxy) is 2. The van der Waals surface area contributed by atoms with Crippen LogP contribution in [0.3, 0.4) is 0 Å². The maximum absolute atomic E-state index is 6.07. The lowest BCUT2D eigenvalue weighted by molar-refractivity contribution is -0.0145. The standard InChI is InChI=1S/C18H26N2O2/c1-19-14-5-6-15(19)12-16(11-14)20-9-10-22-18(20)13-3-7-17(21-2)8-4-13/h3-4,7-8,14-16,18H,5-6,9-12H2,1-2H3. The van der Waals surface area contributed by atoms with E-state index in [-0.39, 0.29) is 6.23 Å². The van der Waals surface area contributed by atoms with Gasteiger partial charge in [0.05, 0.1) is 13.7 Å². The summed E-state index contributed by atoms with van der Waals surface area (Å²) < 4.78 is 11.3. The Morgan fingerprint density at radius 2 is 1.73 bits per heavy atom. The van der Waals surface area contributed by atoms with Crippen molar-refractivity contribution in [3.8, 4) is 5.75 Å². The Balaban J connectivity index is 1.51. The number of piperidine rings is 1. The molecule has 2 bridgehead atoms. The lowest BCUT2D eigenvalue weighted by Crippen LogP contribution is -2.48. The second-order valence-corrected chi connectivity index (χ2v) is 6.91. The van der Waals surface area contributed by atoms with Gasteiger partial charge in [-0.05, 0) is 50.4 Å². The number of nitrogens with zero attached hydrogens (tertiary/aromatic N) is 2. The SMILES string of the molecule is COc1ccc(C2OCCN2C2CC3CCC(C2)N3C)cc1. The molecule has 4 heteroatoms. The van der Waals surface area contributed by atoms with Crippen LogP contribution in [0.25, 0.3) is 0 Å². The molecule has 0 aromatic heterocycles. The summed E-state index contributed by atoms with van der Waals surface area (Å²) in [5, 5.41) is 0. The van der Waals surface area contributed by atoms with Gasteiger partial charge in [-0.2, -0.15) is 0 Å². The summed E-state index contributed by atoms with van der Waals surface area (Å²) in [5.41, 5.74) is 1.25. The van der Waals surface area contributed by atoms with Gasteiger partial charge in [-0.15, -0.1) is 0 Å². The van der Waals surface area contributed by atoms with Crippen molar-refractivity contribution in [1.29, 1.82) is 0 Å². The molecule has 1 aromatic rings. The van der Waals surface area contributed by atoms with Crippen LogP contribution in [-0.2, 0) is 4.74 Å². The average Bonchev–Trinajstić information content (AvgIpc) is 3.09. The summed E-state index contributed by atoms with van der Waals surface area (Å²) in [6.07, 6.45) is 5.46. The van der Waals surface area contributed by atoms with Gasteiger partial charge < -0.3 is 14.4 Å². The zero-order chi connectivity index (χ0) is 15.1. The molecule has 0 amide bonds. The third-order valence-corrected chi connectivity index (χ3v) is 5.87. The number of hydrogen-bond acceptors (Lipinski definition) is 4. The molecule has 0 aliphatic carbocycles. The number of hydrogen-bond donors (Lipinski definition) is 0. The monoisotopic (exact) mass is 302 g/mol. The van der Waals surface area contributed by atoms with Crippen LogP contribution in [0.15, 0.2) is 24.3 Å². The first kappa shape index (κ1) is 14.5. The topological polar surface area (TPSA) is 24.9 Å². The Kier molecular flexibility index (Phi) is 3.84. The molecule has 3 heterocycles. The van der Waals surface area contributed by atoms with Crippen LogP contribution in [0.5, 0.6) is 5.75 Å². The van der Waals surface area contributed by atoms with Crippen LogP contribution in [0.1, 0.15) is 37.5 Å². The fourth-order valence-electron chi connectivity index (χ4n) is 4.57. The van der Waals surface area contributed by atoms with Gasteiger partial charge >= 0.3 is 0 Å². The summed E-state index contributed by atoms with van der Waals surface area (Å²) in [6, 6.07) is 10.6. The van der Waals surface area contributed by atoms with Crippen molar-refractivity contribution < 1.29 is 9.47 Å². The zero-order valence-electron chi connectivity index (χ0n) is 13.6. The van der Waals surface area contributed by atoms with E-state index in [9.17, 15) is 0 Å². The lowest BCUT2D eigenvalue weighted by Gasteiger charge is -2.41. The Hall–Kier alpha value is -1.10. The van der Waals surface area contributed by atoms with Gasteiger partial charge in [0.15, 0.2) is 0 Å². The number of fused-ring (bicyclic) bond motifs is 2. The molecule has 120 valence electrons. The van der Waals surface area contributed by atoms with Gasteiger partial charge in [0, 0.05) is 24.7 Å². The predicted molar refractivity (Wildman–Crippen MR) is 86.0 cm³/mol. The Bertz CT molecular complexity index is 504. The van der Waals surface area contributed by atoms with Crippen molar-refractivity contribution in [2.45, 2.75) is 50.0 Å². The minimum Gasteiger partial charge on any atom is -0.497 e. The van der Waals surface area contributed by atoms with Crippen LogP contribution < -0.4 is 4.74 Å². The van der Waals surface area contributed by atoms with Gasteiger partial charge in [-0.3, -0.25) is 4.90 Å². The van der Waals surface area contributed by atoms with Crippen LogP contribution in [0, 0.1) is 0 Å². The number of methoxy groups -OCH3 is 1. The van der Waals surface area contributed by atoms with E-state index in [0.717, 1.165) is 31.0 Å². The van der Waals surface area contributed by atoms with Gasteiger partial charge in [0.1, 0.15) is 12.0 Å². The Labute approximate surface area is 133 Å². The highest BCUT2D eigenvalue weighted by Crippen LogP contribution is 2.40. The van der Waals surface area contributed by atoms with Crippen molar-refractivity contribution in [1.82, 2.24) is 9.80 Å². The van der Waals surface area contributed by atoms with E-state index in [4.69, 9.17) is 9.47 Å². The minimum absolute atomic E-state index is 0.124. The molecule has 22 heavy (non-hydrogen) atoms. The van der Waals surface area contributed by atoms with Crippen molar-refractivity contribution >= 4 is 0 Å². The molecule has 0 radical (unpaired) electrons. The van der Waals surface area contributed by atoms with E-state index < -0.39 is 0 Å². The summed E-state index contributed by atoms with van der Waals surface area (Å²) in [7, 11) is 4.02. The van der Waals surface area contributed by atoms with Crippen molar-refractivity contribution in [2.24, 2.45) is 0 Å². The van der Waals surface area contributed by atoms with Crippen molar-refractivity contribution in [3.63, 3.8) is 0 Å². The molecule has 1 aromatic carbocycles. The lowest BCUT2D eigenvalue weighted by atomic mass is 9.96. The smallest absolute Gasteiger partial charge is 0.137 e. The maximum Gasteiger partial charge on any atom is 0.137 e. The zero-order valence-corrected chi connectivity index (χ0v) is 13.6. The fourth-order valence-corrected chi connectivity index (χ4v) is 4.57. The first-order chi connectivity index (χ1) is 10.8. The second-order valence-electron chi connectivity index (χ2n) is 6.91. The second kappa shape index (κ2) is 5.84. The van der Waals surface area contributed by atoms with E-state index in [1.165, 1.54) is 31.2 Å². The van der Waals surface area contributed by atoms with Crippen LogP contribution in [-0.4, -0.2) is 55.2 Å². The van der Waals surface area contributed by atoms with E-state index in [1.807, 2.05) is 12.1 Å². The first-order valence-electron chi connectivity index (χ1n) is 8.49. The first-order valence-corrected chi connectivity index (χ1v) is 8.49. The Morgan fingerprint density at radius 3 is 2.36 bits per heavy atom. The van der Waals surface area contributed by atoms with Crippen molar-refractivity contribution in [3.05, 3.63) is 29.8 Å². The molecule has 3 unspecified atom stereocenters. The van der Waals surface area contributed by atoms with Crippen molar-refractivity contribution in [2.75, 3.05) is 27.3 Å². The third kappa shape index (κ3) is 2.43. The summed E-state index contributed by atoms with van der Waals surface area (Å²) in [6.45, 7) is 1.91. The maximum atomic E-state index is 6.07. The molecular weight excluding hydrogens is 276 g/mol. The highest BCUT2D eigenvalue weighted by atomic mass is 16.5. The predicted octanol–water partition coefficient (Wildman–Crippen LogP) is 2.65. The molecule has 3 atom stereocenters. The Morgan fingerprint density at radius 1 is 1.05 bits per heavy atom. The summed E-state index contributed by atoms with van der Waals surface area (Å²) in [5.74, 6) is 0.908. The molecule has 4 nitrogen and oxygen atoms in total. The molecule has 0 saturated carbocycles. The molecule has 3 aliphatic rings. The molecule has 0 spiro atoms. The number of rotatable bonds is 3. The summed E-state index contributed by atoms with van der Waals surface area (Å²) in [4.78, 5) is 5.20. The van der Waals surface area contributed by atoms with Gasteiger partial charge in [0.2, 0.25) is 0 Å². The molecule has 0 N–H and O–H groups in total.